The molecule has 8 heteroatoms. The number of sulfonamides is 1. The van der Waals surface area contributed by atoms with Crippen LogP contribution in [-0.4, -0.2) is 19.9 Å². The predicted octanol–water partition coefficient (Wildman–Crippen LogP) is 6.07. The molecule has 0 saturated carbocycles. The van der Waals surface area contributed by atoms with E-state index in [-0.39, 0.29) is 16.7 Å². The highest BCUT2D eigenvalue weighted by Crippen LogP contribution is 2.39. The highest BCUT2D eigenvalue weighted by atomic mass is 35.5. The van der Waals surface area contributed by atoms with E-state index in [9.17, 15) is 8.42 Å². The molecule has 1 aromatic heterocycles. The van der Waals surface area contributed by atoms with E-state index < -0.39 is 10.0 Å². The summed E-state index contributed by atoms with van der Waals surface area (Å²) in [4.78, 5) is 4.93. The SMILES string of the molecule is Cc1ccc(S(=O)(=O)NCC(Sc2nc3cc(Cl)ccc3s2)c2ccccc2)cc1. The molecule has 3 aromatic carbocycles. The minimum atomic E-state index is -3.60. The van der Waals surface area contributed by atoms with Crippen LogP contribution in [0.2, 0.25) is 5.02 Å². The van der Waals surface area contributed by atoms with Crippen molar-refractivity contribution in [2.45, 2.75) is 21.4 Å². The van der Waals surface area contributed by atoms with Crippen LogP contribution in [0.25, 0.3) is 10.2 Å². The third kappa shape index (κ3) is 5.04. The van der Waals surface area contributed by atoms with E-state index in [1.807, 2.05) is 55.5 Å². The Balaban J connectivity index is 1.57. The summed E-state index contributed by atoms with van der Waals surface area (Å²) in [5.41, 5.74) is 2.90. The number of halogens is 1. The van der Waals surface area contributed by atoms with Crippen molar-refractivity contribution in [3.63, 3.8) is 0 Å². The Morgan fingerprint density at radius 1 is 1.07 bits per heavy atom. The molecule has 4 nitrogen and oxygen atoms in total. The van der Waals surface area contributed by atoms with Crippen LogP contribution in [0.15, 0.2) is 82.0 Å². The molecule has 1 heterocycles. The summed E-state index contributed by atoms with van der Waals surface area (Å²) >= 11 is 9.20. The molecule has 30 heavy (non-hydrogen) atoms. The van der Waals surface area contributed by atoms with E-state index in [1.54, 1.807) is 47.4 Å². The molecule has 0 saturated heterocycles. The second-order valence-electron chi connectivity index (χ2n) is 6.77. The molecule has 0 fully saturated rings. The van der Waals surface area contributed by atoms with Crippen molar-refractivity contribution >= 4 is 54.9 Å². The first-order chi connectivity index (χ1) is 14.4. The third-order valence-electron chi connectivity index (χ3n) is 4.53. The van der Waals surface area contributed by atoms with E-state index in [0.717, 1.165) is 25.7 Å². The molecule has 4 rings (SSSR count). The van der Waals surface area contributed by atoms with Crippen LogP contribution in [0.3, 0.4) is 0 Å². The van der Waals surface area contributed by atoms with Gasteiger partial charge in [0.15, 0.2) is 4.34 Å². The van der Waals surface area contributed by atoms with Crippen molar-refractivity contribution in [1.82, 2.24) is 9.71 Å². The Morgan fingerprint density at radius 3 is 2.53 bits per heavy atom. The number of thiazole rings is 1. The quantitative estimate of drug-likeness (QED) is 0.330. The van der Waals surface area contributed by atoms with Gasteiger partial charge in [-0.05, 0) is 42.8 Å². The Hall–Kier alpha value is -1.90. The van der Waals surface area contributed by atoms with Gasteiger partial charge in [0.25, 0.3) is 0 Å². The zero-order valence-corrected chi connectivity index (χ0v) is 19.3. The van der Waals surface area contributed by atoms with Crippen LogP contribution < -0.4 is 4.72 Å². The zero-order chi connectivity index (χ0) is 21.1. The van der Waals surface area contributed by atoms with Gasteiger partial charge < -0.3 is 0 Å². The molecular weight excluding hydrogens is 456 g/mol. The average molecular weight is 475 g/mol. The third-order valence-corrected chi connectivity index (χ3v) is 8.60. The smallest absolute Gasteiger partial charge is 0.230 e. The Morgan fingerprint density at radius 2 is 1.80 bits per heavy atom. The van der Waals surface area contributed by atoms with E-state index >= 15 is 0 Å². The number of benzene rings is 3. The van der Waals surface area contributed by atoms with E-state index in [1.165, 1.54) is 0 Å². The number of aromatic nitrogens is 1. The lowest BCUT2D eigenvalue weighted by atomic mass is 10.1. The molecule has 0 amide bonds. The maximum Gasteiger partial charge on any atom is 0.240 e. The number of nitrogens with zero attached hydrogens (tertiary/aromatic N) is 1. The molecule has 0 bridgehead atoms. The predicted molar refractivity (Wildman–Crippen MR) is 126 cm³/mol. The molecule has 0 aliphatic heterocycles. The standard InChI is InChI=1S/C22H19ClN2O2S3/c1-15-7-10-18(11-8-15)30(26,27)24-14-21(16-5-3-2-4-6-16)29-22-25-19-13-17(23)9-12-20(19)28-22/h2-13,21,24H,14H2,1H3. The number of thioether (sulfide) groups is 1. The molecule has 4 aromatic rings. The second-order valence-corrected chi connectivity index (χ2v) is 11.5. The fourth-order valence-corrected chi connectivity index (χ4v) is 6.59. The fraction of sp³-hybridized carbons (Fsp3) is 0.136. The normalized spacial score (nSPS) is 12.9. The summed E-state index contributed by atoms with van der Waals surface area (Å²) in [6.07, 6.45) is 0. The van der Waals surface area contributed by atoms with Gasteiger partial charge >= 0.3 is 0 Å². The maximum atomic E-state index is 12.8. The van der Waals surface area contributed by atoms with Crippen molar-refractivity contribution in [2.75, 3.05) is 6.54 Å². The lowest BCUT2D eigenvalue weighted by molar-refractivity contribution is 0.581. The highest BCUT2D eigenvalue weighted by Gasteiger charge is 2.20. The average Bonchev–Trinajstić information content (AvgIpc) is 3.13. The number of aryl methyl sites for hydroxylation is 1. The van der Waals surface area contributed by atoms with Gasteiger partial charge in [-0.25, -0.2) is 18.1 Å². The topological polar surface area (TPSA) is 59.1 Å². The number of hydrogen-bond acceptors (Lipinski definition) is 5. The van der Waals surface area contributed by atoms with Crippen LogP contribution in [0.1, 0.15) is 16.4 Å². The van der Waals surface area contributed by atoms with Gasteiger partial charge in [0.1, 0.15) is 0 Å². The number of rotatable bonds is 7. The summed E-state index contributed by atoms with van der Waals surface area (Å²) in [6.45, 7) is 2.18. The number of fused-ring (bicyclic) bond motifs is 1. The Bertz CT molecular complexity index is 1260. The van der Waals surface area contributed by atoms with Crippen molar-refractivity contribution in [3.05, 3.63) is 88.9 Å². The van der Waals surface area contributed by atoms with Gasteiger partial charge in [0.05, 0.1) is 20.4 Å². The second kappa shape index (κ2) is 9.08. The minimum absolute atomic E-state index is 0.123. The van der Waals surface area contributed by atoms with Crippen LogP contribution in [0, 0.1) is 6.92 Å². The maximum absolute atomic E-state index is 12.8. The summed E-state index contributed by atoms with van der Waals surface area (Å²) < 4.78 is 30.2. The molecule has 0 radical (unpaired) electrons. The molecule has 0 aliphatic rings. The lowest BCUT2D eigenvalue weighted by Gasteiger charge is -2.17. The summed E-state index contributed by atoms with van der Waals surface area (Å²) in [7, 11) is -3.60. The molecule has 1 atom stereocenters. The van der Waals surface area contributed by atoms with Crippen LogP contribution in [0.4, 0.5) is 0 Å². The monoisotopic (exact) mass is 474 g/mol. The summed E-state index contributed by atoms with van der Waals surface area (Å²) in [5, 5.41) is 0.525. The van der Waals surface area contributed by atoms with Crippen molar-refractivity contribution in [1.29, 1.82) is 0 Å². The minimum Gasteiger partial charge on any atom is -0.230 e. The van der Waals surface area contributed by atoms with E-state index in [0.29, 0.717) is 5.02 Å². The number of nitrogens with one attached hydrogen (secondary N) is 1. The first-order valence-electron chi connectivity index (χ1n) is 9.25. The largest absolute Gasteiger partial charge is 0.240 e. The van der Waals surface area contributed by atoms with Gasteiger partial charge in [0, 0.05) is 11.6 Å². The number of hydrogen-bond donors (Lipinski definition) is 1. The molecular formula is C22H19ClN2O2S3. The zero-order valence-electron chi connectivity index (χ0n) is 16.1. The first-order valence-corrected chi connectivity index (χ1v) is 12.8. The van der Waals surface area contributed by atoms with Crippen LogP contribution in [0.5, 0.6) is 0 Å². The van der Waals surface area contributed by atoms with Gasteiger partial charge in [-0.2, -0.15) is 0 Å². The highest BCUT2D eigenvalue weighted by molar-refractivity contribution is 8.01. The summed E-state index contributed by atoms with van der Waals surface area (Å²) in [6, 6.07) is 22.3. The van der Waals surface area contributed by atoms with Gasteiger partial charge in [-0.1, -0.05) is 71.4 Å². The molecule has 0 spiro atoms. The van der Waals surface area contributed by atoms with E-state index in [2.05, 4.69) is 9.71 Å². The first kappa shape index (κ1) is 21.3. The van der Waals surface area contributed by atoms with E-state index in [4.69, 9.17) is 11.6 Å². The van der Waals surface area contributed by atoms with Crippen molar-refractivity contribution in [2.24, 2.45) is 0 Å². The lowest BCUT2D eigenvalue weighted by Crippen LogP contribution is -2.27. The van der Waals surface area contributed by atoms with Crippen molar-refractivity contribution in [3.8, 4) is 0 Å². The summed E-state index contributed by atoms with van der Waals surface area (Å²) in [5.74, 6) is 0. The van der Waals surface area contributed by atoms with Crippen LogP contribution in [-0.2, 0) is 10.0 Å². The van der Waals surface area contributed by atoms with Crippen molar-refractivity contribution < 1.29 is 8.42 Å². The fourth-order valence-electron chi connectivity index (χ4n) is 2.93. The van der Waals surface area contributed by atoms with Gasteiger partial charge in [-0.15, -0.1) is 11.3 Å². The molecule has 1 N–H and O–H groups in total. The molecule has 0 aliphatic carbocycles. The van der Waals surface area contributed by atoms with Gasteiger partial charge in [-0.3, -0.25) is 0 Å². The Labute approximate surface area is 189 Å². The van der Waals surface area contributed by atoms with Crippen LogP contribution >= 0.6 is 34.7 Å². The molecule has 1 unspecified atom stereocenters. The van der Waals surface area contributed by atoms with Gasteiger partial charge in [0.2, 0.25) is 10.0 Å². The Kier molecular flexibility index (Phi) is 6.46. The molecule has 154 valence electrons.